The van der Waals surface area contributed by atoms with Gasteiger partial charge in [0, 0.05) is 18.9 Å². The van der Waals surface area contributed by atoms with Gasteiger partial charge in [-0.3, -0.25) is 14.4 Å². The fraction of sp³-hybridized carbons (Fsp3) is 0.364. The summed E-state index contributed by atoms with van der Waals surface area (Å²) in [5, 5.41) is 3.10. The van der Waals surface area contributed by atoms with Gasteiger partial charge in [-0.05, 0) is 46.9 Å². The van der Waals surface area contributed by atoms with Crippen LogP contribution in [0, 0.1) is 0 Å². The van der Waals surface area contributed by atoms with Crippen LogP contribution >= 0.6 is 0 Å². The average Bonchev–Trinajstić information content (AvgIpc) is 3.35. The van der Waals surface area contributed by atoms with Crippen LogP contribution in [0.3, 0.4) is 0 Å². The number of halogens is 1. The molecule has 2 aliphatic rings. The number of amides is 3. The SMILES string of the molecule is CC(=O)N1CC(Oc2ccc(C(=O)N3C[C@H](F)C[C@H]3C(=O)N[C@@H](c3ccccc3)c3ccc(C(C)C)cc3)cc2)C1. The van der Waals surface area contributed by atoms with E-state index in [1.54, 1.807) is 29.2 Å². The van der Waals surface area contributed by atoms with Crippen LogP contribution in [0.4, 0.5) is 4.39 Å². The molecule has 0 unspecified atom stereocenters. The minimum absolute atomic E-state index is 0.0142. The van der Waals surface area contributed by atoms with Gasteiger partial charge in [0.15, 0.2) is 0 Å². The Kier molecular flexibility index (Phi) is 8.38. The number of hydrogen-bond acceptors (Lipinski definition) is 4. The summed E-state index contributed by atoms with van der Waals surface area (Å²) < 4.78 is 20.6. The molecule has 0 saturated carbocycles. The lowest BCUT2D eigenvalue weighted by atomic mass is 9.95. The number of benzene rings is 3. The summed E-state index contributed by atoms with van der Waals surface area (Å²) in [5.41, 5.74) is 3.36. The van der Waals surface area contributed by atoms with Crippen LogP contribution in [0.15, 0.2) is 78.9 Å². The molecule has 214 valence electrons. The molecule has 2 heterocycles. The summed E-state index contributed by atoms with van der Waals surface area (Å²) in [6.07, 6.45) is -1.43. The maximum Gasteiger partial charge on any atom is 0.254 e. The van der Waals surface area contributed by atoms with Crippen LogP contribution in [0.2, 0.25) is 0 Å². The molecule has 41 heavy (non-hydrogen) atoms. The first kappa shape index (κ1) is 28.3. The van der Waals surface area contributed by atoms with Crippen LogP contribution in [-0.2, 0) is 9.59 Å². The molecule has 8 heteroatoms. The molecular weight excluding hydrogens is 521 g/mol. The molecule has 0 spiro atoms. The maximum atomic E-state index is 14.7. The number of alkyl halides is 1. The van der Waals surface area contributed by atoms with E-state index in [9.17, 15) is 18.8 Å². The minimum atomic E-state index is -1.29. The van der Waals surface area contributed by atoms with Crippen LogP contribution in [0.25, 0.3) is 0 Å². The third kappa shape index (κ3) is 6.42. The van der Waals surface area contributed by atoms with Gasteiger partial charge in [0.1, 0.15) is 24.1 Å². The maximum absolute atomic E-state index is 14.7. The van der Waals surface area contributed by atoms with E-state index in [0.29, 0.717) is 30.3 Å². The van der Waals surface area contributed by atoms with Gasteiger partial charge in [-0.15, -0.1) is 0 Å². The molecular formula is C33H36FN3O4. The molecule has 5 rings (SSSR count). The van der Waals surface area contributed by atoms with Gasteiger partial charge in [-0.2, -0.15) is 0 Å². The largest absolute Gasteiger partial charge is 0.487 e. The topological polar surface area (TPSA) is 79.0 Å². The number of carbonyl (C=O) groups is 3. The first-order valence-corrected chi connectivity index (χ1v) is 14.1. The molecule has 3 amide bonds. The van der Waals surface area contributed by atoms with Crippen LogP contribution in [0.5, 0.6) is 5.75 Å². The minimum Gasteiger partial charge on any atom is -0.487 e. The first-order valence-electron chi connectivity index (χ1n) is 14.1. The summed E-state index contributed by atoms with van der Waals surface area (Å²) in [5.74, 6) is 0.189. The van der Waals surface area contributed by atoms with Crippen molar-refractivity contribution in [2.45, 2.75) is 57.5 Å². The Balaban J connectivity index is 1.29. The number of nitrogens with one attached hydrogen (secondary N) is 1. The standard InChI is InChI=1S/C33H36FN3O4/c1-21(2)23-9-11-25(12-10-23)31(24-7-5-4-6-8-24)35-32(39)30-17-27(34)18-37(30)33(40)26-13-15-28(16-14-26)41-29-19-36(20-29)22(3)38/h4-16,21,27,29-31H,17-20H2,1-3H3,(H,35,39)/t27-,30+,31+/m1/s1. The van der Waals surface area contributed by atoms with E-state index in [4.69, 9.17) is 4.74 Å². The Hall–Kier alpha value is -4.20. The van der Waals surface area contributed by atoms with Crippen molar-refractivity contribution in [1.29, 1.82) is 0 Å². The van der Waals surface area contributed by atoms with Crippen molar-refractivity contribution < 1.29 is 23.5 Å². The Morgan fingerprint density at radius 1 is 0.854 bits per heavy atom. The molecule has 3 aromatic rings. The second-order valence-corrected chi connectivity index (χ2v) is 11.2. The quantitative estimate of drug-likeness (QED) is 0.428. The number of carbonyl (C=O) groups excluding carboxylic acids is 3. The summed E-state index contributed by atoms with van der Waals surface area (Å²) in [6.45, 7) is 6.70. The predicted molar refractivity (Wildman–Crippen MR) is 154 cm³/mol. The fourth-order valence-corrected chi connectivity index (χ4v) is 5.38. The van der Waals surface area contributed by atoms with Gasteiger partial charge >= 0.3 is 0 Å². The number of hydrogen-bond donors (Lipinski definition) is 1. The molecule has 0 radical (unpaired) electrons. The van der Waals surface area contributed by atoms with Crippen LogP contribution in [0.1, 0.15) is 66.2 Å². The van der Waals surface area contributed by atoms with E-state index in [1.807, 2.05) is 42.5 Å². The van der Waals surface area contributed by atoms with Gasteiger partial charge < -0.3 is 19.9 Å². The Bertz CT molecular complexity index is 1370. The van der Waals surface area contributed by atoms with Crippen molar-refractivity contribution in [3.05, 3.63) is 101 Å². The van der Waals surface area contributed by atoms with Crippen molar-refractivity contribution in [2.24, 2.45) is 0 Å². The van der Waals surface area contributed by atoms with E-state index in [2.05, 4.69) is 31.3 Å². The van der Waals surface area contributed by atoms with Gasteiger partial charge in [-0.25, -0.2) is 4.39 Å². The fourth-order valence-electron chi connectivity index (χ4n) is 5.38. The lowest BCUT2D eigenvalue weighted by Crippen LogP contribution is -2.55. The summed E-state index contributed by atoms with van der Waals surface area (Å²) in [7, 11) is 0. The van der Waals surface area contributed by atoms with E-state index in [0.717, 1.165) is 11.1 Å². The third-order valence-corrected chi connectivity index (χ3v) is 7.87. The van der Waals surface area contributed by atoms with Gasteiger partial charge in [-0.1, -0.05) is 68.4 Å². The summed E-state index contributed by atoms with van der Waals surface area (Å²) in [4.78, 5) is 41.5. The highest BCUT2D eigenvalue weighted by Gasteiger charge is 2.41. The lowest BCUT2D eigenvalue weighted by Gasteiger charge is -2.38. The highest BCUT2D eigenvalue weighted by molar-refractivity contribution is 5.98. The van der Waals surface area contributed by atoms with Crippen molar-refractivity contribution >= 4 is 17.7 Å². The van der Waals surface area contributed by atoms with Crippen molar-refractivity contribution in [3.8, 4) is 5.75 Å². The number of ether oxygens (including phenoxy) is 1. The van der Waals surface area contributed by atoms with Crippen molar-refractivity contribution in [2.75, 3.05) is 19.6 Å². The molecule has 0 aromatic heterocycles. The first-order chi connectivity index (χ1) is 19.7. The zero-order valence-corrected chi connectivity index (χ0v) is 23.6. The third-order valence-electron chi connectivity index (χ3n) is 7.87. The number of rotatable bonds is 8. The predicted octanol–water partition coefficient (Wildman–Crippen LogP) is 4.88. The van der Waals surface area contributed by atoms with Gasteiger partial charge in [0.25, 0.3) is 5.91 Å². The molecule has 0 aliphatic carbocycles. The second-order valence-electron chi connectivity index (χ2n) is 11.2. The number of likely N-dealkylation sites (tertiary alicyclic amines) is 2. The molecule has 1 N–H and O–H groups in total. The molecule has 3 atom stereocenters. The lowest BCUT2D eigenvalue weighted by molar-refractivity contribution is -0.137. The molecule has 7 nitrogen and oxygen atoms in total. The molecule has 0 bridgehead atoms. The van der Waals surface area contributed by atoms with E-state index < -0.39 is 24.2 Å². The Labute approximate surface area is 240 Å². The van der Waals surface area contributed by atoms with Crippen LogP contribution in [-0.4, -0.2) is 65.5 Å². The zero-order chi connectivity index (χ0) is 29.1. The molecule has 2 fully saturated rings. The number of nitrogens with zero attached hydrogens (tertiary/aromatic N) is 2. The molecule has 2 aliphatic heterocycles. The summed E-state index contributed by atoms with van der Waals surface area (Å²) in [6, 6.07) is 23.0. The van der Waals surface area contributed by atoms with E-state index in [-0.39, 0.29) is 30.9 Å². The zero-order valence-electron chi connectivity index (χ0n) is 23.6. The monoisotopic (exact) mass is 557 g/mol. The summed E-state index contributed by atoms with van der Waals surface area (Å²) >= 11 is 0. The highest BCUT2D eigenvalue weighted by Crippen LogP contribution is 2.28. The average molecular weight is 558 g/mol. The van der Waals surface area contributed by atoms with E-state index in [1.165, 1.54) is 17.4 Å². The Morgan fingerprint density at radius 2 is 1.46 bits per heavy atom. The van der Waals surface area contributed by atoms with E-state index >= 15 is 0 Å². The van der Waals surface area contributed by atoms with Crippen molar-refractivity contribution in [1.82, 2.24) is 15.1 Å². The smallest absolute Gasteiger partial charge is 0.254 e. The molecule has 2 saturated heterocycles. The highest BCUT2D eigenvalue weighted by atomic mass is 19.1. The normalized spacial score (nSPS) is 19.5. The van der Waals surface area contributed by atoms with Crippen LogP contribution < -0.4 is 10.1 Å². The Morgan fingerprint density at radius 3 is 2.07 bits per heavy atom. The van der Waals surface area contributed by atoms with Crippen molar-refractivity contribution in [3.63, 3.8) is 0 Å². The molecule has 3 aromatic carbocycles. The van der Waals surface area contributed by atoms with Gasteiger partial charge in [0.2, 0.25) is 11.8 Å². The van der Waals surface area contributed by atoms with Gasteiger partial charge in [0.05, 0.1) is 25.7 Å². The second kappa shape index (κ2) is 12.1.